The molecule has 1 aromatic heterocycles. The first kappa shape index (κ1) is 19.6. The van der Waals surface area contributed by atoms with E-state index in [9.17, 15) is 18.4 Å². The number of nitrogens with zero attached hydrogens (tertiary/aromatic N) is 1. The van der Waals surface area contributed by atoms with Gasteiger partial charge in [-0.1, -0.05) is 23.8 Å². The van der Waals surface area contributed by atoms with Crippen molar-refractivity contribution in [3.8, 4) is 10.6 Å². The van der Waals surface area contributed by atoms with Gasteiger partial charge in [0.15, 0.2) is 0 Å². The van der Waals surface area contributed by atoms with Crippen molar-refractivity contribution in [1.82, 2.24) is 4.98 Å². The molecule has 0 aliphatic heterocycles. The largest absolute Gasteiger partial charge is 0.366 e. The van der Waals surface area contributed by atoms with Crippen LogP contribution in [0.5, 0.6) is 0 Å². The van der Waals surface area contributed by atoms with Crippen molar-refractivity contribution >= 4 is 28.8 Å². The second-order valence-electron chi connectivity index (χ2n) is 6.38. The van der Waals surface area contributed by atoms with Crippen molar-refractivity contribution in [1.29, 1.82) is 0 Å². The van der Waals surface area contributed by atoms with E-state index in [-0.39, 0.29) is 5.69 Å². The molecular weight excluding hydrogens is 384 g/mol. The number of amides is 2. The van der Waals surface area contributed by atoms with Gasteiger partial charge in [-0.15, -0.1) is 11.3 Å². The number of halogens is 2. The number of carbonyl (C=O) groups is 2. The van der Waals surface area contributed by atoms with Gasteiger partial charge in [-0.05, 0) is 32.4 Å². The lowest BCUT2D eigenvalue weighted by molar-refractivity contribution is 0.0992. The van der Waals surface area contributed by atoms with Gasteiger partial charge in [0.05, 0.1) is 16.9 Å². The summed E-state index contributed by atoms with van der Waals surface area (Å²) in [6.07, 6.45) is 0. The number of nitrogens with one attached hydrogen (secondary N) is 1. The summed E-state index contributed by atoms with van der Waals surface area (Å²) in [4.78, 5) is 28.6. The molecule has 0 unspecified atom stereocenters. The fraction of sp³-hybridized carbons (Fsp3) is 0.150. The number of rotatable bonds is 4. The minimum atomic E-state index is -1.09. The molecule has 0 radical (unpaired) electrons. The van der Waals surface area contributed by atoms with E-state index >= 15 is 0 Å². The number of carbonyl (C=O) groups excluding carboxylic acids is 2. The standard InChI is InChI=1S/C20H17F2N3O2S/c1-9-4-5-12(10(2)6-9)20-24-11(3)17(28-20)19(27)25-16-7-13(18(23)26)14(21)8-15(16)22/h4-8H,1-3H3,(H2,23,26)(H,25,27). The van der Waals surface area contributed by atoms with Crippen molar-refractivity contribution in [2.24, 2.45) is 5.73 Å². The molecule has 3 N–H and O–H groups in total. The van der Waals surface area contributed by atoms with Gasteiger partial charge in [-0.3, -0.25) is 9.59 Å². The van der Waals surface area contributed by atoms with Gasteiger partial charge < -0.3 is 11.1 Å². The minimum absolute atomic E-state index is 0.291. The number of benzene rings is 2. The average Bonchev–Trinajstić information content (AvgIpc) is 2.98. The van der Waals surface area contributed by atoms with Gasteiger partial charge in [0.25, 0.3) is 11.8 Å². The maximum absolute atomic E-state index is 14.0. The van der Waals surface area contributed by atoms with Crippen LogP contribution in [0.4, 0.5) is 14.5 Å². The average molecular weight is 401 g/mol. The van der Waals surface area contributed by atoms with E-state index in [1.165, 1.54) is 11.3 Å². The van der Waals surface area contributed by atoms with Crippen molar-refractivity contribution in [2.75, 3.05) is 5.32 Å². The number of anilines is 1. The van der Waals surface area contributed by atoms with Crippen molar-refractivity contribution < 1.29 is 18.4 Å². The van der Waals surface area contributed by atoms with Crippen molar-refractivity contribution in [2.45, 2.75) is 20.8 Å². The number of hydrogen-bond donors (Lipinski definition) is 2. The summed E-state index contributed by atoms with van der Waals surface area (Å²) in [6.45, 7) is 5.62. The molecule has 0 bridgehead atoms. The summed E-state index contributed by atoms with van der Waals surface area (Å²) in [7, 11) is 0. The molecule has 144 valence electrons. The Hall–Kier alpha value is -3.13. The summed E-state index contributed by atoms with van der Waals surface area (Å²) in [5.41, 5.74) is 7.76. The third-order valence-electron chi connectivity index (χ3n) is 4.19. The summed E-state index contributed by atoms with van der Waals surface area (Å²) in [6, 6.07) is 7.30. The lowest BCUT2D eigenvalue weighted by Crippen LogP contribution is -2.17. The monoisotopic (exact) mass is 401 g/mol. The lowest BCUT2D eigenvalue weighted by atomic mass is 10.1. The van der Waals surface area contributed by atoms with Crippen molar-refractivity contribution in [3.63, 3.8) is 0 Å². The number of thiazole rings is 1. The lowest BCUT2D eigenvalue weighted by Gasteiger charge is -2.08. The van der Waals surface area contributed by atoms with Crippen LogP contribution in [0.1, 0.15) is 36.9 Å². The summed E-state index contributed by atoms with van der Waals surface area (Å²) in [5, 5.41) is 3.02. The minimum Gasteiger partial charge on any atom is -0.366 e. The number of aromatic nitrogens is 1. The fourth-order valence-corrected chi connectivity index (χ4v) is 3.84. The first-order valence-corrected chi connectivity index (χ1v) is 9.14. The van der Waals surface area contributed by atoms with Crippen LogP contribution in [0.3, 0.4) is 0 Å². The Morgan fingerprint density at radius 3 is 2.43 bits per heavy atom. The Bertz CT molecular complexity index is 1110. The molecule has 28 heavy (non-hydrogen) atoms. The van der Waals surface area contributed by atoms with Crippen LogP contribution in [0, 0.1) is 32.4 Å². The van der Waals surface area contributed by atoms with E-state index in [1.54, 1.807) is 6.92 Å². The second kappa shape index (κ2) is 7.47. The first-order valence-electron chi connectivity index (χ1n) is 8.32. The zero-order valence-corrected chi connectivity index (χ0v) is 16.2. The molecule has 2 amide bonds. The predicted octanol–water partition coefficient (Wildman–Crippen LogP) is 4.36. The molecule has 0 aliphatic carbocycles. The molecule has 0 atom stereocenters. The van der Waals surface area contributed by atoms with Gasteiger partial charge in [0.1, 0.15) is 21.5 Å². The first-order chi connectivity index (χ1) is 13.2. The van der Waals surface area contributed by atoms with E-state index in [4.69, 9.17) is 5.73 Å². The van der Waals surface area contributed by atoms with E-state index in [1.807, 2.05) is 32.0 Å². The SMILES string of the molecule is Cc1ccc(-c2nc(C)c(C(=O)Nc3cc(C(N)=O)c(F)cc3F)s2)c(C)c1. The van der Waals surface area contributed by atoms with Crippen LogP contribution in [-0.2, 0) is 0 Å². The highest BCUT2D eigenvalue weighted by molar-refractivity contribution is 7.17. The Morgan fingerprint density at radius 1 is 1.07 bits per heavy atom. The van der Waals surface area contributed by atoms with Crippen LogP contribution in [-0.4, -0.2) is 16.8 Å². The van der Waals surface area contributed by atoms with Crippen LogP contribution in [0.2, 0.25) is 0 Å². The van der Waals surface area contributed by atoms with Crippen LogP contribution in [0.15, 0.2) is 30.3 Å². The number of aryl methyl sites for hydroxylation is 3. The molecule has 0 saturated carbocycles. The highest BCUT2D eigenvalue weighted by Gasteiger charge is 2.20. The zero-order chi connectivity index (χ0) is 20.6. The highest BCUT2D eigenvalue weighted by Crippen LogP contribution is 2.31. The van der Waals surface area contributed by atoms with Crippen molar-refractivity contribution in [3.05, 3.63) is 69.2 Å². The fourth-order valence-electron chi connectivity index (χ4n) is 2.79. The Balaban J connectivity index is 1.93. The summed E-state index contributed by atoms with van der Waals surface area (Å²) in [5.74, 6) is -3.76. The molecule has 0 spiro atoms. The Kier molecular flexibility index (Phi) is 5.24. The molecule has 0 fully saturated rings. The van der Waals surface area contributed by atoms with E-state index < -0.39 is 29.0 Å². The van der Waals surface area contributed by atoms with Crippen LogP contribution in [0.25, 0.3) is 10.6 Å². The molecular formula is C20H17F2N3O2S. The Morgan fingerprint density at radius 2 is 1.79 bits per heavy atom. The van der Waals surface area contributed by atoms with Gasteiger partial charge in [-0.25, -0.2) is 13.8 Å². The number of primary amides is 1. The molecule has 3 aromatic rings. The van der Waals surface area contributed by atoms with Crippen LogP contribution < -0.4 is 11.1 Å². The third-order valence-corrected chi connectivity index (χ3v) is 5.38. The molecule has 0 aliphatic rings. The van der Waals surface area contributed by atoms with Gasteiger partial charge in [-0.2, -0.15) is 0 Å². The Labute approximate surface area is 164 Å². The van der Waals surface area contributed by atoms with Gasteiger partial charge in [0, 0.05) is 11.6 Å². The van der Waals surface area contributed by atoms with Gasteiger partial charge in [0.2, 0.25) is 0 Å². The molecule has 2 aromatic carbocycles. The molecule has 0 saturated heterocycles. The van der Waals surface area contributed by atoms with E-state index in [0.717, 1.165) is 22.8 Å². The number of nitrogens with two attached hydrogens (primary N) is 1. The van der Waals surface area contributed by atoms with Crippen LogP contribution >= 0.6 is 11.3 Å². The summed E-state index contributed by atoms with van der Waals surface area (Å²) >= 11 is 1.17. The summed E-state index contributed by atoms with van der Waals surface area (Å²) < 4.78 is 27.6. The molecule has 1 heterocycles. The zero-order valence-electron chi connectivity index (χ0n) is 15.4. The van der Waals surface area contributed by atoms with E-state index in [2.05, 4.69) is 10.3 Å². The normalized spacial score (nSPS) is 10.8. The second-order valence-corrected chi connectivity index (χ2v) is 7.38. The van der Waals surface area contributed by atoms with E-state index in [0.29, 0.717) is 21.6 Å². The number of hydrogen-bond acceptors (Lipinski definition) is 4. The maximum atomic E-state index is 14.0. The predicted molar refractivity (Wildman–Crippen MR) is 105 cm³/mol. The quantitative estimate of drug-likeness (QED) is 0.681. The smallest absolute Gasteiger partial charge is 0.267 e. The highest BCUT2D eigenvalue weighted by atomic mass is 32.1. The van der Waals surface area contributed by atoms with Gasteiger partial charge >= 0.3 is 0 Å². The molecule has 5 nitrogen and oxygen atoms in total. The maximum Gasteiger partial charge on any atom is 0.267 e. The topological polar surface area (TPSA) is 85.1 Å². The molecule has 3 rings (SSSR count). The third kappa shape index (κ3) is 3.77. The molecule has 8 heteroatoms.